The Balaban J connectivity index is 1.87. The molecule has 0 bridgehead atoms. The van der Waals surface area contributed by atoms with E-state index in [0.29, 0.717) is 17.9 Å². The molecular weight excluding hydrogens is 405 g/mol. The van der Waals surface area contributed by atoms with Crippen LogP contribution in [0, 0.1) is 5.82 Å². The van der Waals surface area contributed by atoms with E-state index in [2.05, 4.69) is 0 Å². The number of hydrogen-bond acceptors (Lipinski definition) is 5. The molecule has 1 fully saturated rings. The number of amides is 1. The number of rotatable bonds is 5. The minimum Gasteiger partial charge on any atom is -0.324 e. The number of halogens is 1. The van der Waals surface area contributed by atoms with Crippen molar-refractivity contribution >= 4 is 27.7 Å². The lowest BCUT2D eigenvalue weighted by Crippen LogP contribution is -2.36. The molecule has 0 radical (unpaired) electrons. The maximum atomic E-state index is 14.2. The number of carbonyl (C=O) groups is 1. The van der Waals surface area contributed by atoms with Crippen molar-refractivity contribution in [3.63, 3.8) is 0 Å². The van der Waals surface area contributed by atoms with Gasteiger partial charge in [0.1, 0.15) is 17.7 Å². The van der Waals surface area contributed by atoms with Crippen LogP contribution in [0.3, 0.4) is 0 Å². The first kappa shape index (κ1) is 20.6. The van der Waals surface area contributed by atoms with Gasteiger partial charge in [0.2, 0.25) is 15.9 Å². The fourth-order valence-electron chi connectivity index (χ4n) is 2.89. The molecule has 2 heterocycles. The van der Waals surface area contributed by atoms with Crippen molar-refractivity contribution in [3.05, 3.63) is 64.3 Å². The predicted octanol–water partition coefficient (Wildman–Crippen LogP) is 1.51. The molecule has 1 amide bonds. The SMILES string of the molecule is CN(C)S(=O)(=O)c1ccc(=O)n(CC(=O)N2CCSC2c2ccccc2F)c1. The lowest BCUT2D eigenvalue weighted by molar-refractivity contribution is -0.132. The van der Waals surface area contributed by atoms with Crippen LogP contribution in [0.1, 0.15) is 10.9 Å². The molecule has 2 aromatic rings. The number of thioether (sulfide) groups is 1. The summed E-state index contributed by atoms with van der Waals surface area (Å²) >= 11 is 1.45. The summed E-state index contributed by atoms with van der Waals surface area (Å²) in [6, 6.07) is 8.61. The molecule has 1 atom stereocenters. The number of carbonyl (C=O) groups excluding carboxylic acids is 1. The average molecular weight is 426 g/mol. The molecule has 7 nitrogen and oxygen atoms in total. The Morgan fingerprint density at radius 1 is 1.25 bits per heavy atom. The number of nitrogens with zero attached hydrogens (tertiary/aromatic N) is 3. The molecule has 0 saturated carbocycles. The molecular formula is C18H20FN3O4S2. The normalized spacial score (nSPS) is 17.3. The molecule has 1 aliphatic heterocycles. The van der Waals surface area contributed by atoms with E-state index < -0.39 is 26.8 Å². The van der Waals surface area contributed by atoms with Crippen molar-refractivity contribution < 1.29 is 17.6 Å². The molecule has 10 heteroatoms. The summed E-state index contributed by atoms with van der Waals surface area (Å²) in [7, 11) is -0.965. The number of pyridine rings is 1. The average Bonchev–Trinajstić information content (AvgIpc) is 3.13. The zero-order valence-electron chi connectivity index (χ0n) is 15.4. The molecule has 150 valence electrons. The third-order valence-corrected chi connectivity index (χ3v) is 7.46. The van der Waals surface area contributed by atoms with Gasteiger partial charge >= 0.3 is 0 Å². The van der Waals surface area contributed by atoms with E-state index >= 15 is 0 Å². The minimum atomic E-state index is -3.74. The van der Waals surface area contributed by atoms with E-state index in [1.165, 1.54) is 42.9 Å². The lowest BCUT2D eigenvalue weighted by Gasteiger charge is -2.25. The number of hydrogen-bond donors (Lipinski definition) is 0. The van der Waals surface area contributed by atoms with Gasteiger partial charge in [-0.25, -0.2) is 17.1 Å². The molecule has 1 aromatic heterocycles. The van der Waals surface area contributed by atoms with Crippen LogP contribution in [-0.4, -0.2) is 54.5 Å². The Morgan fingerprint density at radius 2 is 1.96 bits per heavy atom. The Kier molecular flexibility index (Phi) is 5.92. The van der Waals surface area contributed by atoms with Crippen molar-refractivity contribution in [2.24, 2.45) is 0 Å². The van der Waals surface area contributed by atoms with Gasteiger partial charge in [-0.05, 0) is 12.1 Å². The second-order valence-electron chi connectivity index (χ2n) is 6.45. The van der Waals surface area contributed by atoms with Gasteiger partial charge in [-0.2, -0.15) is 0 Å². The first-order valence-electron chi connectivity index (χ1n) is 8.50. The summed E-state index contributed by atoms with van der Waals surface area (Å²) in [4.78, 5) is 26.4. The summed E-state index contributed by atoms with van der Waals surface area (Å²) in [5, 5.41) is -0.474. The van der Waals surface area contributed by atoms with Crippen molar-refractivity contribution in [2.45, 2.75) is 16.8 Å². The number of sulfonamides is 1. The summed E-state index contributed by atoms with van der Waals surface area (Å²) in [5.41, 5.74) is -0.0741. The molecule has 1 saturated heterocycles. The van der Waals surface area contributed by atoms with Gasteiger partial charge in [0.15, 0.2) is 0 Å². The van der Waals surface area contributed by atoms with Gasteiger partial charge in [-0.15, -0.1) is 11.8 Å². The largest absolute Gasteiger partial charge is 0.324 e. The van der Waals surface area contributed by atoms with Crippen LogP contribution >= 0.6 is 11.8 Å². The van der Waals surface area contributed by atoms with Crippen LogP contribution in [0.15, 0.2) is 52.3 Å². The third kappa shape index (κ3) is 3.98. The lowest BCUT2D eigenvalue weighted by atomic mass is 10.2. The predicted molar refractivity (Wildman–Crippen MR) is 105 cm³/mol. The highest BCUT2D eigenvalue weighted by Crippen LogP contribution is 2.39. The summed E-state index contributed by atoms with van der Waals surface area (Å²) in [6.07, 6.45) is 1.16. The van der Waals surface area contributed by atoms with Gasteiger partial charge in [-0.3, -0.25) is 9.59 Å². The summed E-state index contributed by atoms with van der Waals surface area (Å²) in [5.74, 6) is -0.120. The standard InChI is InChI=1S/C18H20FN3O4S2/c1-20(2)28(25,26)13-7-8-16(23)21(11-13)12-17(24)22-9-10-27-18(22)14-5-3-4-6-15(14)19/h3-8,11,18H,9-10,12H2,1-2H3. The zero-order valence-corrected chi connectivity index (χ0v) is 17.0. The van der Waals surface area contributed by atoms with Gasteiger partial charge in [0.25, 0.3) is 5.56 Å². The van der Waals surface area contributed by atoms with Gasteiger partial charge in [-0.1, -0.05) is 18.2 Å². The molecule has 0 N–H and O–H groups in total. The molecule has 3 rings (SSSR count). The fraction of sp³-hybridized carbons (Fsp3) is 0.333. The Hall–Kier alpha value is -2.17. The smallest absolute Gasteiger partial charge is 0.251 e. The second kappa shape index (κ2) is 8.06. The van der Waals surface area contributed by atoms with Crippen LogP contribution < -0.4 is 5.56 Å². The topological polar surface area (TPSA) is 79.7 Å². The maximum Gasteiger partial charge on any atom is 0.251 e. The van der Waals surface area contributed by atoms with Crippen molar-refractivity contribution in [2.75, 3.05) is 26.4 Å². The Morgan fingerprint density at radius 3 is 2.64 bits per heavy atom. The first-order valence-corrected chi connectivity index (χ1v) is 11.0. The fourth-order valence-corrected chi connectivity index (χ4v) is 5.11. The van der Waals surface area contributed by atoms with E-state index in [1.807, 2.05) is 0 Å². The van der Waals surface area contributed by atoms with Crippen LogP contribution in [-0.2, 0) is 21.4 Å². The Bertz CT molecular complexity index is 1050. The van der Waals surface area contributed by atoms with E-state index in [1.54, 1.807) is 18.2 Å². The van der Waals surface area contributed by atoms with Crippen LogP contribution in [0.5, 0.6) is 0 Å². The molecule has 1 aromatic carbocycles. The van der Waals surface area contributed by atoms with E-state index in [9.17, 15) is 22.4 Å². The zero-order chi connectivity index (χ0) is 20.5. The van der Waals surface area contributed by atoms with Crippen molar-refractivity contribution in [1.82, 2.24) is 13.8 Å². The van der Waals surface area contributed by atoms with Crippen LogP contribution in [0.4, 0.5) is 4.39 Å². The summed E-state index contributed by atoms with van der Waals surface area (Å²) < 4.78 is 40.8. The highest BCUT2D eigenvalue weighted by molar-refractivity contribution is 7.99. The van der Waals surface area contributed by atoms with E-state index in [4.69, 9.17) is 0 Å². The maximum absolute atomic E-state index is 14.2. The molecule has 0 aliphatic carbocycles. The molecule has 1 unspecified atom stereocenters. The second-order valence-corrected chi connectivity index (χ2v) is 9.79. The number of aromatic nitrogens is 1. The Labute approximate surface area is 166 Å². The van der Waals surface area contributed by atoms with Gasteiger partial charge in [0, 0.05) is 44.2 Å². The van der Waals surface area contributed by atoms with Crippen molar-refractivity contribution in [3.8, 4) is 0 Å². The highest BCUT2D eigenvalue weighted by atomic mass is 32.2. The highest BCUT2D eigenvalue weighted by Gasteiger charge is 2.32. The van der Waals surface area contributed by atoms with Crippen LogP contribution in [0.25, 0.3) is 0 Å². The van der Waals surface area contributed by atoms with E-state index in [0.717, 1.165) is 21.1 Å². The minimum absolute atomic E-state index is 0.0775. The monoisotopic (exact) mass is 425 g/mol. The van der Waals surface area contributed by atoms with Gasteiger partial charge in [0.05, 0.1) is 4.90 Å². The number of benzene rings is 1. The summed E-state index contributed by atoms with van der Waals surface area (Å²) in [6.45, 7) is 0.105. The van der Waals surface area contributed by atoms with Crippen molar-refractivity contribution in [1.29, 1.82) is 0 Å². The van der Waals surface area contributed by atoms with Crippen LogP contribution in [0.2, 0.25) is 0 Å². The quantitative estimate of drug-likeness (QED) is 0.726. The molecule has 28 heavy (non-hydrogen) atoms. The van der Waals surface area contributed by atoms with Gasteiger partial charge < -0.3 is 9.47 Å². The molecule has 0 spiro atoms. The first-order chi connectivity index (χ1) is 13.2. The van der Waals surface area contributed by atoms with E-state index in [-0.39, 0.29) is 17.3 Å². The third-order valence-electron chi connectivity index (χ3n) is 4.42. The molecule has 1 aliphatic rings.